The average Bonchev–Trinajstić information content (AvgIpc) is 3.18. The van der Waals surface area contributed by atoms with Gasteiger partial charge in [0.05, 0.1) is 0 Å². The van der Waals surface area contributed by atoms with Gasteiger partial charge in [-0.1, -0.05) is 31.2 Å². The zero-order valence-electron chi connectivity index (χ0n) is 18.1. The number of imidazole rings is 1. The lowest BCUT2D eigenvalue weighted by Crippen LogP contribution is -2.48. The highest BCUT2D eigenvalue weighted by molar-refractivity contribution is 5.78. The summed E-state index contributed by atoms with van der Waals surface area (Å²) in [6, 6.07) is 8.97. The lowest BCUT2D eigenvalue weighted by molar-refractivity contribution is -0.133. The molecule has 0 bridgehead atoms. The standard InChI is InChI=1S/C24H34N4O/c1-4-26-12-14-27(15-13-26)24(29)16-21(20-10-6-5-8-18(20)2)22-17-25-23-11-7-9-19(3)28(22)23/h5-6,8,10,17,19,21H,4,7,9,11-16H2,1-3H3/t19-,21-/m0/s1. The summed E-state index contributed by atoms with van der Waals surface area (Å²) in [5, 5.41) is 0. The minimum atomic E-state index is 0.0645. The molecule has 0 aliphatic carbocycles. The maximum Gasteiger partial charge on any atom is 0.223 e. The van der Waals surface area contributed by atoms with Crippen molar-refractivity contribution in [3.05, 3.63) is 53.1 Å². The number of nitrogens with zero attached hydrogens (tertiary/aromatic N) is 4. The lowest BCUT2D eigenvalue weighted by Gasteiger charge is -2.35. The Kier molecular flexibility index (Phi) is 6.04. The fourth-order valence-corrected chi connectivity index (χ4v) is 5.02. The van der Waals surface area contributed by atoms with E-state index in [1.807, 2.05) is 6.20 Å². The molecule has 1 aromatic carbocycles. The molecule has 1 aromatic heterocycles. The summed E-state index contributed by atoms with van der Waals surface area (Å²) in [4.78, 5) is 22.5. The lowest BCUT2D eigenvalue weighted by atomic mass is 9.88. The van der Waals surface area contributed by atoms with Crippen LogP contribution in [0.2, 0.25) is 0 Å². The van der Waals surface area contributed by atoms with Gasteiger partial charge in [0.2, 0.25) is 5.91 Å². The first kappa shape index (κ1) is 20.1. The van der Waals surface area contributed by atoms with Gasteiger partial charge in [0.25, 0.3) is 0 Å². The summed E-state index contributed by atoms with van der Waals surface area (Å²) < 4.78 is 2.42. The molecular weight excluding hydrogens is 360 g/mol. The Morgan fingerprint density at radius 2 is 1.97 bits per heavy atom. The molecule has 0 N–H and O–H groups in total. The fraction of sp³-hybridized carbons (Fsp3) is 0.583. The average molecular weight is 395 g/mol. The number of piperazine rings is 1. The SMILES string of the molecule is CCN1CCN(C(=O)C[C@@H](c2ccccc2C)c2cnc3n2[C@@H](C)CCC3)CC1. The third kappa shape index (κ3) is 4.11. The third-order valence-electron chi connectivity index (χ3n) is 6.84. The van der Waals surface area contributed by atoms with Crippen molar-refractivity contribution in [3.63, 3.8) is 0 Å². The van der Waals surface area contributed by atoms with Crippen molar-refractivity contribution >= 4 is 5.91 Å². The molecule has 2 atom stereocenters. The van der Waals surface area contributed by atoms with Crippen molar-refractivity contribution in [2.75, 3.05) is 32.7 Å². The molecule has 5 nitrogen and oxygen atoms in total. The molecule has 2 aliphatic heterocycles. The van der Waals surface area contributed by atoms with E-state index in [-0.39, 0.29) is 11.8 Å². The molecule has 0 saturated carbocycles. The maximum absolute atomic E-state index is 13.3. The summed E-state index contributed by atoms with van der Waals surface area (Å²) in [5.74, 6) is 1.52. The van der Waals surface area contributed by atoms with Crippen molar-refractivity contribution in [1.29, 1.82) is 0 Å². The third-order valence-corrected chi connectivity index (χ3v) is 6.84. The van der Waals surface area contributed by atoms with Crippen molar-refractivity contribution in [2.24, 2.45) is 0 Å². The number of carbonyl (C=O) groups is 1. The Labute approximate surface area is 174 Å². The van der Waals surface area contributed by atoms with E-state index in [1.165, 1.54) is 35.5 Å². The van der Waals surface area contributed by atoms with Crippen molar-refractivity contribution < 1.29 is 4.79 Å². The number of hydrogen-bond donors (Lipinski definition) is 0. The van der Waals surface area contributed by atoms with Crippen LogP contribution in [0.15, 0.2) is 30.5 Å². The van der Waals surface area contributed by atoms with Crippen LogP contribution in [0.25, 0.3) is 0 Å². The molecule has 0 spiro atoms. The second kappa shape index (κ2) is 8.70. The smallest absolute Gasteiger partial charge is 0.223 e. The predicted molar refractivity (Wildman–Crippen MR) is 116 cm³/mol. The number of amides is 1. The van der Waals surface area contributed by atoms with E-state index in [9.17, 15) is 4.79 Å². The molecule has 1 amide bonds. The van der Waals surface area contributed by atoms with E-state index in [0.717, 1.165) is 39.1 Å². The fourth-order valence-electron chi connectivity index (χ4n) is 5.02. The first-order valence-electron chi connectivity index (χ1n) is 11.2. The second-order valence-electron chi connectivity index (χ2n) is 8.64. The van der Waals surface area contributed by atoms with Gasteiger partial charge in [-0.15, -0.1) is 0 Å². The van der Waals surface area contributed by atoms with E-state index in [0.29, 0.717) is 12.5 Å². The second-order valence-corrected chi connectivity index (χ2v) is 8.64. The van der Waals surface area contributed by atoms with E-state index < -0.39 is 0 Å². The number of aromatic nitrogens is 2. The highest BCUT2D eigenvalue weighted by Gasteiger charge is 2.30. The maximum atomic E-state index is 13.3. The topological polar surface area (TPSA) is 41.4 Å². The molecule has 3 heterocycles. The first-order chi connectivity index (χ1) is 14.1. The van der Waals surface area contributed by atoms with Gasteiger partial charge in [-0.25, -0.2) is 4.98 Å². The summed E-state index contributed by atoms with van der Waals surface area (Å²) in [7, 11) is 0. The molecule has 0 unspecified atom stereocenters. The van der Waals surface area contributed by atoms with E-state index in [4.69, 9.17) is 4.98 Å². The van der Waals surface area contributed by atoms with Crippen LogP contribution in [0, 0.1) is 6.92 Å². The highest BCUT2D eigenvalue weighted by Crippen LogP contribution is 2.36. The Bertz CT molecular complexity index is 850. The molecule has 156 valence electrons. The van der Waals surface area contributed by atoms with Crippen molar-refractivity contribution in [1.82, 2.24) is 19.4 Å². The van der Waals surface area contributed by atoms with Crippen LogP contribution in [-0.4, -0.2) is 58.0 Å². The molecule has 2 aromatic rings. The van der Waals surface area contributed by atoms with Crippen LogP contribution in [0.4, 0.5) is 0 Å². The van der Waals surface area contributed by atoms with Crippen LogP contribution in [-0.2, 0) is 11.2 Å². The van der Waals surface area contributed by atoms with Crippen LogP contribution in [0.5, 0.6) is 0 Å². The zero-order chi connectivity index (χ0) is 20.4. The number of carbonyl (C=O) groups excluding carboxylic acids is 1. The zero-order valence-corrected chi connectivity index (χ0v) is 18.1. The van der Waals surface area contributed by atoms with E-state index in [1.54, 1.807) is 0 Å². The minimum Gasteiger partial charge on any atom is -0.340 e. The summed E-state index contributed by atoms with van der Waals surface area (Å²) in [5.41, 5.74) is 3.72. The number of fused-ring (bicyclic) bond motifs is 1. The first-order valence-corrected chi connectivity index (χ1v) is 11.2. The highest BCUT2D eigenvalue weighted by atomic mass is 16.2. The predicted octanol–water partition coefficient (Wildman–Crippen LogP) is 3.77. The summed E-state index contributed by atoms with van der Waals surface area (Å²) in [6.07, 6.45) is 5.99. The molecule has 29 heavy (non-hydrogen) atoms. The van der Waals surface area contributed by atoms with Gasteiger partial charge in [0.15, 0.2) is 0 Å². The quantitative estimate of drug-likeness (QED) is 0.775. The molecule has 5 heteroatoms. The number of aryl methyl sites for hydroxylation is 2. The van der Waals surface area contributed by atoms with Crippen molar-refractivity contribution in [2.45, 2.75) is 58.4 Å². The monoisotopic (exact) mass is 394 g/mol. The number of hydrogen-bond acceptors (Lipinski definition) is 3. The van der Waals surface area contributed by atoms with Gasteiger partial charge < -0.3 is 14.4 Å². The number of benzene rings is 1. The Morgan fingerprint density at radius 1 is 1.21 bits per heavy atom. The van der Waals surface area contributed by atoms with Crippen molar-refractivity contribution in [3.8, 4) is 0 Å². The normalized spacial score (nSPS) is 21.1. The van der Waals surface area contributed by atoms with Crippen LogP contribution >= 0.6 is 0 Å². The van der Waals surface area contributed by atoms with Gasteiger partial charge in [-0.3, -0.25) is 4.79 Å². The Balaban J connectivity index is 1.63. The van der Waals surface area contributed by atoms with Crippen LogP contribution in [0.3, 0.4) is 0 Å². The Hall–Kier alpha value is -2.14. The van der Waals surface area contributed by atoms with Gasteiger partial charge in [-0.2, -0.15) is 0 Å². The number of likely N-dealkylation sites (N-methyl/N-ethyl adjacent to an activating group) is 1. The molecule has 4 rings (SSSR count). The Morgan fingerprint density at radius 3 is 2.69 bits per heavy atom. The molecule has 1 fully saturated rings. The molecule has 2 aliphatic rings. The molecule has 1 saturated heterocycles. The van der Waals surface area contributed by atoms with E-state index >= 15 is 0 Å². The summed E-state index contributed by atoms with van der Waals surface area (Å²) in [6.45, 7) is 11.3. The van der Waals surface area contributed by atoms with Crippen LogP contribution in [0.1, 0.15) is 67.7 Å². The van der Waals surface area contributed by atoms with Crippen LogP contribution < -0.4 is 0 Å². The van der Waals surface area contributed by atoms with Gasteiger partial charge in [0.1, 0.15) is 5.82 Å². The summed E-state index contributed by atoms with van der Waals surface area (Å²) >= 11 is 0. The van der Waals surface area contributed by atoms with Gasteiger partial charge >= 0.3 is 0 Å². The molecular formula is C24H34N4O. The largest absolute Gasteiger partial charge is 0.340 e. The van der Waals surface area contributed by atoms with Gasteiger partial charge in [-0.05, 0) is 44.4 Å². The van der Waals surface area contributed by atoms with E-state index in [2.05, 4.69) is 59.4 Å². The molecule has 0 radical (unpaired) electrons. The number of rotatable bonds is 5. The van der Waals surface area contributed by atoms with Gasteiger partial charge in [0, 0.05) is 62.9 Å². The minimum absolute atomic E-state index is 0.0645.